The summed E-state index contributed by atoms with van der Waals surface area (Å²) in [4.78, 5) is 13.4. The van der Waals surface area contributed by atoms with E-state index in [1.807, 2.05) is 13.8 Å². The molecule has 4 nitrogen and oxygen atoms in total. The van der Waals surface area contributed by atoms with Crippen LogP contribution in [0.15, 0.2) is 0 Å². The van der Waals surface area contributed by atoms with Crippen molar-refractivity contribution in [2.75, 3.05) is 20.3 Å². The number of hydrogen-bond acceptors (Lipinski definition) is 3. The van der Waals surface area contributed by atoms with E-state index in [-0.39, 0.29) is 12.2 Å². The smallest absolute Gasteiger partial charge is 0.410 e. The van der Waals surface area contributed by atoms with Crippen molar-refractivity contribution < 1.29 is 14.3 Å². The summed E-state index contributed by atoms with van der Waals surface area (Å²) in [6.45, 7) is 4.93. The van der Waals surface area contributed by atoms with Crippen molar-refractivity contribution in [2.45, 2.75) is 38.8 Å². The summed E-state index contributed by atoms with van der Waals surface area (Å²) in [5.41, 5.74) is 0. The Morgan fingerprint density at radius 2 is 2.14 bits per heavy atom. The Kier molecular flexibility index (Phi) is 4.20. The fourth-order valence-corrected chi connectivity index (χ4v) is 1.27. The molecule has 0 radical (unpaired) electrons. The van der Waals surface area contributed by atoms with Crippen LogP contribution in [0, 0.1) is 0 Å². The van der Waals surface area contributed by atoms with Crippen LogP contribution in [0.4, 0.5) is 4.79 Å². The van der Waals surface area contributed by atoms with Crippen LogP contribution in [0.3, 0.4) is 0 Å². The monoisotopic (exact) mass is 201 g/mol. The fraction of sp³-hybridized carbons (Fsp3) is 0.900. The Morgan fingerprint density at radius 3 is 2.57 bits per heavy atom. The average Bonchev–Trinajstić information content (AvgIpc) is 2.87. The molecule has 0 bridgehead atoms. The van der Waals surface area contributed by atoms with Crippen molar-refractivity contribution in [3.63, 3.8) is 0 Å². The van der Waals surface area contributed by atoms with Crippen LogP contribution in [0.1, 0.15) is 26.7 Å². The number of ether oxygens (including phenoxy) is 2. The molecule has 1 amide bonds. The van der Waals surface area contributed by atoms with E-state index in [9.17, 15) is 4.79 Å². The van der Waals surface area contributed by atoms with Crippen molar-refractivity contribution in [3.05, 3.63) is 0 Å². The molecule has 0 aromatic carbocycles. The predicted molar refractivity (Wildman–Crippen MR) is 53.2 cm³/mol. The minimum Gasteiger partial charge on any atom is -0.447 e. The molecule has 0 aromatic rings. The van der Waals surface area contributed by atoms with Crippen molar-refractivity contribution >= 4 is 6.09 Å². The highest BCUT2D eigenvalue weighted by Crippen LogP contribution is 2.27. The largest absolute Gasteiger partial charge is 0.447 e. The standard InChI is InChI=1S/C10H19NO3/c1-8(2)14-10(12)11(6-7-13-3)9-4-5-9/h8-9H,4-7H2,1-3H3. The van der Waals surface area contributed by atoms with E-state index in [2.05, 4.69) is 0 Å². The zero-order valence-electron chi connectivity index (χ0n) is 9.16. The van der Waals surface area contributed by atoms with E-state index < -0.39 is 0 Å². The van der Waals surface area contributed by atoms with E-state index in [0.717, 1.165) is 12.8 Å². The molecular formula is C10H19NO3. The summed E-state index contributed by atoms with van der Waals surface area (Å²) in [6, 6.07) is 0.386. The highest BCUT2D eigenvalue weighted by Gasteiger charge is 2.33. The summed E-state index contributed by atoms with van der Waals surface area (Å²) >= 11 is 0. The molecule has 0 unspecified atom stereocenters. The Balaban J connectivity index is 2.36. The molecule has 0 heterocycles. The second kappa shape index (κ2) is 5.20. The van der Waals surface area contributed by atoms with Gasteiger partial charge in [-0.25, -0.2) is 4.79 Å². The van der Waals surface area contributed by atoms with Gasteiger partial charge >= 0.3 is 6.09 Å². The van der Waals surface area contributed by atoms with Gasteiger partial charge in [0, 0.05) is 19.7 Å². The summed E-state index contributed by atoms with van der Waals surface area (Å²) in [5, 5.41) is 0. The molecule has 82 valence electrons. The molecule has 0 aliphatic heterocycles. The first-order valence-corrected chi connectivity index (χ1v) is 5.11. The Hall–Kier alpha value is -0.770. The number of amides is 1. The van der Waals surface area contributed by atoms with Gasteiger partial charge in [-0.15, -0.1) is 0 Å². The lowest BCUT2D eigenvalue weighted by Gasteiger charge is -2.22. The molecule has 0 atom stereocenters. The summed E-state index contributed by atoms with van der Waals surface area (Å²) in [6.07, 6.45) is 1.93. The topological polar surface area (TPSA) is 38.8 Å². The number of rotatable bonds is 5. The SMILES string of the molecule is COCCN(C(=O)OC(C)C)C1CC1. The average molecular weight is 201 g/mol. The number of nitrogens with zero attached hydrogens (tertiary/aromatic N) is 1. The summed E-state index contributed by atoms with van der Waals surface area (Å²) < 4.78 is 10.1. The van der Waals surface area contributed by atoms with Gasteiger partial charge in [0.2, 0.25) is 0 Å². The Morgan fingerprint density at radius 1 is 1.50 bits per heavy atom. The van der Waals surface area contributed by atoms with Crippen molar-refractivity contribution in [1.82, 2.24) is 4.90 Å². The number of carbonyl (C=O) groups is 1. The highest BCUT2D eigenvalue weighted by molar-refractivity contribution is 5.68. The quantitative estimate of drug-likeness (QED) is 0.678. The summed E-state index contributed by atoms with van der Waals surface area (Å²) in [5.74, 6) is 0. The van der Waals surface area contributed by atoms with Crippen LogP contribution >= 0.6 is 0 Å². The van der Waals surface area contributed by atoms with Gasteiger partial charge in [0.05, 0.1) is 12.7 Å². The van der Waals surface area contributed by atoms with Gasteiger partial charge in [0.1, 0.15) is 0 Å². The molecule has 1 aliphatic carbocycles. The van der Waals surface area contributed by atoms with Crippen LogP contribution in [0.25, 0.3) is 0 Å². The normalized spacial score (nSPS) is 15.7. The molecule has 0 spiro atoms. The minimum atomic E-state index is -0.209. The molecular weight excluding hydrogens is 182 g/mol. The van der Waals surface area contributed by atoms with Crippen molar-refractivity contribution in [3.8, 4) is 0 Å². The van der Waals surface area contributed by atoms with Crippen molar-refractivity contribution in [1.29, 1.82) is 0 Å². The van der Waals surface area contributed by atoms with E-state index in [1.165, 1.54) is 0 Å². The van der Waals surface area contributed by atoms with Gasteiger partial charge in [-0.1, -0.05) is 0 Å². The van der Waals surface area contributed by atoms with Crippen LogP contribution in [0.2, 0.25) is 0 Å². The third-order valence-electron chi connectivity index (χ3n) is 2.09. The van der Waals surface area contributed by atoms with Crippen LogP contribution in [0.5, 0.6) is 0 Å². The molecule has 0 aromatic heterocycles. The second-order valence-corrected chi connectivity index (χ2v) is 3.85. The summed E-state index contributed by atoms with van der Waals surface area (Å²) in [7, 11) is 1.64. The lowest BCUT2D eigenvalue weighted by molar-refractivity contribution is 0.0639. The molecule has 1 fully saturated rings. The molecule has 0 N–H and O–H groups in total. The van der Waals surface area contributed by atoms with Gasteiger partial charge in [0.25, 0.3) is 0 Å². The third-order valence-corrected chi connectivity index (χ3v) is 2.09. The molecule has 1 aliphatic rings. The van der Waals surface area contributed by atoms with Crippen LogP contribution in [-0.4, -0.2) is 43.4 Å². The van der Waals surface area contributed by atoms with E-state index in [1.54, 1.807) is 12.0 Å². The van der Waals surface area contributed by atoms with Gasteiger partial charge in [-0.05, 0) is 26.7 Å². The Bertz CT molecular complexity index is 190. The van der Waals surface area contributed by atoms with Gasteiger partial charge < -0.3 is 14.4 Å². The van der Waals surface area contributed by atoms with E-state index in [0.29, 0.717) is 19.2 Å². The maximum absolute atomic E-state index is 11.6. The van der Waals surface area contributed by atoms with Crippen molar-refractivity contribution in [2.24, 2.45) is 0 Å². The maximum atomic E-state index is 11.6. The zero-order chi connectivity index (χ0) is 10.6. The molecule has 1 saturated carbocycles. The van der Waals surface area contributed by atoms with E-state index in [4.69, 9.17) is 9.47 Å². The van der Waals surface area contributed by atoms with Crippen LogP contribution < -0.4 is 0 Å². The van der Waals surface area contributed by atoms with Gasteiger partial charge in [-0.3, -0.25) is 0 Å². The lowest BCUT2D eigenvalue weighted by Crippen LogP contribution is -2.37. The Labute approximate surface area is 85.2 Å². The number of carbonyl (C=O) groups excluding carboxylic acids is 1. The first-order valence-electron chi connectivity index (χ1n) is 5.11. The second-order valence-electron chi connectivity index (χ2n) is 3.85. The van der Waals surface area contributed by atoms with Gasteiger partial charge in [0.15, 0.2) is 0 Å². The van der Waals surface area contributed by atoms with Crippen LogP contribution in [-0.2, 0) is 9.47 Å². The molecule has 0 saturated heterocycles. The third kappa shape index (κ3) is 3.54. The van der Waals surface area contributed by atoms with E-state index >= 15 is 0 Å². The maximum Gasteiger partial charge on any atom is 0.410 e. The zero-order valence-corrected chi connectivity index (χ0v) is 9.16. The predicted octanol–water partition coefficient (Wildman–Crippen LogP) is 1.64. The molecule has 14 heavy (non-hydrogen) atoms. The molecule has 1 rings (SSSR count). The first-order chi connectivity index (χ1) is 6.65. The highest BCUT2D eigenvalue weighted by atomic mass is 16.6. The fourth-order valence-electron chi connectivity index (χ4n) is 1.27. The minimum absolute atomic E-state index is 0.0497. The molecule has 4 heteroatoms. The lowest BCUT2D eigenvalue weighted by atomic mass is 10.5. The number of methoxy groups -OCH3 is 1. The van der Waals surface area contributed by atoms with Gasteiger partial charge in [-0.2, -0.15) is 0 Å². The number of hydrogen-bond donors (Lipinski definition) is 0. The first kappa shape index (κ1) is 11.3.